The van der Waals surface area contributed by atoms with Gasteiger partial charge in [-0.1, -0.05) is 0 Å². The Bertz CT molecular complexity index is 537. The Morgan fingerprint density at radius 1 is 1.33 bits per heavy atom. The van der Waals surface area contributed by atoms with Crippen molar-refractivity contribution in [1.82, 2.24) is 10.6 Å². The van der Waals surface area contributed by atoms with E-state index >= 15 is 0 Å². The van der Waals surface area contributed by atoms with Crippen LogP contribution in [0.25, 0.3) is 0 Å². The van der Waals surface area contributed by atoms with E-state index in [-0.39, 0.29) is 29.5 Å². The van der Waals surface area contributed by atoms with Crippen LogP contribution in [-0.4, -0.2) is 45.0 Å². The number of carbonyl (C=O) groups is 1. The molecule has 0 radical (unpaired) electrons. The number of nitrogens with one attached hydrogen (secondary N) is 2. The number of halogens is 3. The Morgan fingerprint density at radius 2 is 2.04 bits per heavy atom. The molecule has 2 N–H and O–H groups in total. The quantitative estimate of drug-likeness (QED) is 0.714. The molecule has 0 spiro atoms. The summed E-state index contributed by atoms with van der Waals surface area (Å²) in [5.41, 5.74) is -0.0255. The topological polar surface area (TPSA) is 50.4 Å². The summed E-state index contributed by atoms with van der Waals surface area (Å²) in [5, 5.41) is 6.24. The van der Waals surface area contributed by atoms with Crippen LogP contribution >= 0.6 is 24.2 Å². The zero-order valence-electron chi connectivity index (χ0n) is 13.6. The first-order valence-electron chi connectivity index (χ1n) is 7.59. The number of hydrogen-bond donors (Lipinski definition) is 2. The van der Waals surface area contributed by atoms with Crippen LogP contribution in [-0.2, 0) is 9.53 Å². The maximum Gasteiger partial charge on any atom is 0.230 e. The summed E-state index contributed by atoms with van der Waals surface area (Å²) < 4.78 is 31.3. The van der Waals surface area contributed by atoms with Gasteiger partial charge < -0.3 is 15.4 Å². The van der Waals surface area contributed by atoms with Gasteiger partial charge in [0.2, 0.25) is 5.91 Å². The average Bonchev–Trinajstić information content (AvgIpc) is 2.55. The lowest BCUT2D eigenvalue weighted by molar-refractivity contribution is -0.119. The number of amides is 1. The van der Waals surface area contributed by atoms with Crippen LogP contribution < -0.4 is 10.6 Å². The van der Waals surface area contributed by atoms with Crippen LogP contribution in [0.1, 0.15) is 12.8 Å². The molecular weight excluding hydrogens is 358 g/mol. The van der Waals surface area contributed by atoms with E-state index in [1.54, 1.807) is 7.11 Å². The first kappa shape index (κ1) is 21.2. The van der Waals surface area contributed by atoms with E-state index in [0.717, 1.165) is 38.1 Å². The summed E-state index contributed by atoms with van der Waals surface area (Å²) in [6.07, 6.45) is 1.91. The summed E-state index contributed by atoms with van der Waals surface area (Å²) in [5.74, 6) is -1.73. The second-order valence-electron chi connectivity index (χ2n) is 5.82. The number of benzene rings is 1. The standard InChI is InChI=1S/C16H22F2N2O2S.ClH/c1-22-11-16(4-6-19-7-5-16)10-20-15(21)9-23-12-2-3-13(17)14(18)8-12;/h2-3,8,19H,4-7,9-11H2,1H3,(H,20,21);1H. The Balaban J connectivity index is 0.00000288. The first-order valence-corrected chi connectivity index (χ1v) is 8.57. The van der Waals surface area contributed by atoms with Crippen molar-refractivity contribution in [2.24, 2.45) is 5.41 Å². The minimum atomic E-state index is -0.899. The molecule has 1 aliphatic heterocycles. The third-order valence-corrected chi connectivity index (χ3v) is 5.03. The normalized spacial score (nSPS) is 16.3. The molecule has 1 saturated heterocycles. The van der Waals surface area contributed by atoms with Crippen molar-refractivity contribution in [1.29, 1.82) is 0 Å². The summed E-state index contributed by atoms with van der Waals surface area (Å²) in [6, 6.07) is 3.64. The molecule has 0 unspecified atom stereocenters. The Morgan fingerprint density at radius 3 is 2.67 bits per heavy atom. The molecule has 1 aliphatic rings. The fourth-order valence-corrected chi connectivity index (χ4v) is 3.44. The van der Waals surface area contributed by atoms with Crippen LogP contribution in [0.2, 0.25) is 0 Å². The minimum absolute atomic E-state index is 0. The van der Waals surface area contributed by atoms with Crippen molar-refractivity contribution in [3.63, 3.8) is 0 Å². The molecule has 0 atom stereocenters. The molecular formula is C16H23ClF2N2O2S. The third-order valence-electron chi connectivity index (χ3n) is 4.04. The van der Waals surface area contributed by atoms with Crippen molar-refractivity contribution in [3.05, 3.63) is 29.8 Å². The lowest BCUT2D eigenvalue weighted by atomic mass is 9.79. The van der Waals surface area contributed by atoms with Gasteiger partial charge in [-0.3, -0.25) is 4.79 Å². The summed E-state index contributed by atoms with van der Waals surface area (Å²) in [6.45, 7) is 3.02. The van der Waals surface area contributed by atoms with Crippen LogP contribution in [0.4, 0.5) is 8.78 Å². The number of piperidine rings is 1. The molecule has 0 aliphatic carbocycles. The van der Waals surface area contributed by atoms with Gasteiger partial charge in [0.15, 0.2) is 11.6 Å². The number of thioether (sulfide) groups is 1. The number of ether oxygens (including phenoxy) is 1. The van der Waals surface area contributed by atoms with Crippen molar-refractivity contribution >= 4 is 30.1 Å². The van der Waals surface area contributed by atoms with Crippen molar-refractivity contribution < 1.29 is 18.3 Å². The van der Waals surface area contributed by atoms with Gasteiger partial charge in [0.05, 0.1) is 12.4 Å². The summed E-state index contributed by atoms with van der Waals surface area (Å²) >= 11 is 1.19. The van der Waals surface area contributed by atoms with Gasteiger partial charge in [0.25, 0.3) is 0 Å². The van der Waals surface area contributed by atoms with Gasteiger partial charge in [-0.05, 0) is 44.1 Å². The molecule has 2 rings (SSSR count). The van der Waals surface area contributed by atoms with E-state index in [0.29, 0.717) is 18.0 Å². The molecule has 1 aromatic carbocycles. The third kappa shape index (κ3) is 6.20. The van der Waals surface area contributed by atoms with Gasteiger partial charge >= 0.3 is 0 Å². The zero-order valence-corrected chi connectivity index (χ0v) is 15.2. The fourth-order valence-electron chi connectivity index (χ4n) is 2.69. The van der Waals surface area contributed by atoms with Crippen molar-refractivity contribution in [2.75, 3.05) is 39.1 Å². The van der Waals surface area contributed by atoms with Crippen LogP contribution in [0.5, 0.6) is 0 Å². The first-order chi connectivity index (χ1) is 11.0. The van der Waals surface area contributed by atoms with Crippen molar-refractivity contribution in [2.45, 2.75) is 17.7 Å². The largest absolute Gasteiger partial charge is 0.384 e. The Labute approximate surface area is 151 Å². The van der Waals surface area contributed by atoms with Gasteiger partial charge in [-0.15, -0.1) is 24.2 Å². The molecule has 0 bridgehead atoms. The van der Waals surface area contributed by atoms with Gasteiger partial charge in [-0.2, -0.15) is 0 Å². The predicted molar refractivity (Wildman–Crippen MR) is 93.8 cm³/mol. The smallest absolute Gasteiger partial charge is 0.230 e. The Hall–Kier alpha value is -0.890. The van der Waals surface area contributed by atoms with Gasteiger partial charge in [0.1, 0.15) is 0 Å². The minimum Gasteiger partial charge on any atom is -0.384 e. The van der Waals surface area contributed by atoms with Gasteiger partial charge in [0, 0.05) is 24.0 Å². The molecule has 8 heteroatoms. The highest BCUT2D eigenvalue weighted by atomic mass is 35.5. The number of carbonyl (C=O) groups excluding carboxylic acids is 1. The van der Waals surface area contributed by atoms with E-state index in [4.69, 9.17) is 4.74 Å². The number of rotatable bonds is 7. The van der Waals surface area contributed by atoms with Gasteiger partial charge in [-0.25, -0.2) is 8.78 Å². The van der Waals surface area contributed by atoms with Crippen molar-refractivity contribution in [3.8, 4) is 0 Å². The maximum atomic E-state index is 13.1. The number of methoxy groups -OCH3 is 1. The van der Waals surface area contributed by atoms with E-state index in [9.17, 15) is 13.6 Å². The lowest BCUT2D eigenvalue weighted by Gasteiger charge is -2.37. The summed E-state index contributed by atoms with van der Waals surface area (Å²) in [7, 11) is 1.67. The zero-order chi connectivity index (χ0) is 16.7. The van der Waals surface area contributed by atoms with E-state index in [1.165, 1.54) is 17.8 Å². The van der Waals surface area contributed by atoms with E-state index in [2.05, 4.69) is 10.6 Å². The lowest BCUT2D eigenvalue weighted by Crippen LogP contribution is -2.47. The monoisotopic (exact) mass is 380 g/mol. The van der Waals surface area contributed by atoms with Crippen LogP contribution in [0, 0.1) is 17.0 Å². The second kappa shape index (κ2) is 10.2. The molecule has 24 heavy (non-hydrogen) atoms. The number of hydrogen-bond acceptors (Lipinski definition) is 4. The molecule has 136 valence electrons. The molecule has 1 amide bonds. The fraction of sp³-hybridized carbons (Fsp3) is 0.562. The Kier molecular flexibility index (Phi) is 8.97. The molecule has 1 fully saturated rings. The van der Waals surface area contributed by atoms with E-state index < -0.39 is 11.6 Å². The van der Waals surface area contributed by atoms with Crippen LogP contribution in [0.15, 0.2) is 23.1 Å². The maximum absolute atomic E-state index is 13.1. The molecule has 1 aromatic rings. The molecule has 0 aromatic heterocycles. The molecule has 0 saturated carbocycles. The average molecular weight is 381 g/mol. The van der Waals surface area contributed by atoms with E-state index in [1.807, 2.05) is 0 Å². The molecule has 1 heterocycles. The summed E-state index contributed by atoms with van der Waals surface area (Å²) in [4.78, 5) is 12.5. The highest BCUT2D eigenvalue weighted by Gasteiger charge is 2.32. The molecule has 4 nitrogen and oxygen atoms in total. The van der Waals surface area contributed by atoms with Crippen LogP contribution in [0.3, 0.4) is 0 Å². The SMILES string of the molecule is COCC1(CNC(=O)CSc2ccc(F)c(F)c2)CCNCC1.Cl. The highest BCUT2D eigenvalue weighted by molar-refractivity contribution is 8.00. The predicted octanol–water partition coefficient (Wildman–Crippen LogP) is 2.61. The second-order valence-corrected chi connectivity index (χ2v) is 6.87. The highest BCUT2D eigenvalue weighted by Crippen LogP contribution is 2.28.